The molecular weight excluding hydrogens is 252 g/mol. The molecule has 19 heavy (non-hydrogen) atoms. The van der Waals surface area contributed by atoms with Crippen molar-refractivity contribution in [2.75, 3.05) is 13.2 Å². The van der Waals surface area contributed by atoms with Crippen LogP contribution in [0.1, 0.15) is 19.3 Å². The lowest BCUT2D eigenvalue weighted by atomic mass is 10.1. The number of aliphatic imine (C=N–C) groups is 1. The molecule has 0 spiro atoms. The van der Waals surface area contributed by atoms with Crippen LogP contribution >= 0.6 is 0 Å². The number of hydrogen-bond acceptors (Lipinski definition) is 6. The molecule has 0 aromatic heterocycles. The fraction of sp³-hybridized carbons (Fsp3) is 0.727. The lowest BCUT2D eigenvalue weighted by Crippen LogP contribution is -2.56. The Balaban J connectivity index is 2.43. The van der Waals surface area contributed by atoms with E-state index in [1.54, 1.807) is 0 Å². The number of hydrogen-bond donors (Lipinski definition) is 5. The monoisotopic (exact) mass is 272 g/mol. The van der Waals surface area contributed by atoms with Gasteiger partial charge in [0.05, 0.1) is 18.9 Å². The molecule has 0 saturated heterocycles. The van der Waals surface area contributed by atoms with Crippen LogP contribution in [0, 0.1) is 0 Å². The molecule has 0 saturated carbocycles. The van der Waals surface area contributed by atoms with Crippen LogP contribution in [0.15, 0.2) is 4.99 Å². The van der Waals surface area contributed by atoms with Gasteiger partial charge in [0, 0.05) is 6.61 Å². The summed E-state index contributed by atoms with van der Waals surface area (Å²) >= 11 is 0. The summed E-state index contributed by atoms with van der Waals surface area (Å²) in [6.45, 7) is 0.403. The number of rotatable bonds is 8. The number of nitrogens with zero attached hydrogens (tertiary/aromatic N) is 1. The number of amides is 1. The van der Waals surface area contributed by atoms with Crippen LogP contribution < -0.4 is 16.4 Å². The van der Waals surface area contributed by atoms with Crippen LogP contribution in [0.5, 0.6) is 0 Å². The van der Waals surface area contributed by atoms with Gasteiger partial charge in [-0.15, -0.1) is 0 Å². The maximum atomic E-state index is 11.8. The first kappa shape index (κ1) is 15.4. The zero-order valence-corrected chi connectivity index (χ0v) is 10.6. The minimum atomic E-state index is -1.10. The molecule has 8 heteroatoms. The maximum Gasteiger partial charge on any atom is 0.326 e. The highest BCUT2D eigenvalue weighted by atomic mass is 16.4. The first-order chi connectivity index (χ1) is 9.06. The van der Waals surface area contributed by atoms with Crippen molar-refractivity contribution in [1.29, 1.82) is 0 Å². The summed E-state index contributed by atoms with van der Waals surface area (Å²) in [6, 6.07) is -2.12. The first-order valence-corrected chi connectivity index (χ1v) is 6.20. The number of nitrogens with one attached hydrogen (secondary N) is 2. The van der Waals surface area contributed by atoms with Gasteiger partial charge >= 0.3 is 5.97 Å². The average molecular weight is 272 g/mol. The van der Waals surface area contributed by atoms with Gasteiger partial charge in [-0.1, -0.05) is 0 Å². The Morgan fingerprint density at radius 2 is 2.26 bits per heavy atom. The molecule has 3 atom stereocenters. The molecule has 108 valence electrons. The van der Waals surface area contributed by atoms with Gasteiger partial charge in [-0.25, -0.2) is 4.79 Å². The highest BCUT2D eigenvalue weighted by Gasteiger charge is 2.29. The van der Waals surface area contributed by atoms with Crippen molar-refractivity contribution in [3.8, 4) is 0 Å². The molecular formula is C11H20N4O4. The third-order valence-electron chi connectivity index (χ3n) is 2.93. The Labute approximate surface area is 111 Å². The van der Waals surface area contributed by atoms with E-state index in [1.165, 1.54) is 6.34 Å². The number of carboxylic acid groups (broad SMARTS) is 1. The lowest BCUT2D eigenvalue weighted by Gasteiger charge is -2.21. The molecule has 3 unspecified atom stereocenters. The standard InChI is InChI=1S/C11H20N4O4/c12-9(8-5-13-6-14-8)10(17)15-7(11(18)19)3-1-2-4-16/h6-9,16H,1-5,12H2,(H,13,14)(H,15,17)(H,18,19). The number of unbranched alkanes of at least 4 members (excludes halogenated alkanes) is 1. The summed E-state index contributed by atoms with van der Waals surface area (Å²) in [5.41, 5.74) is 5.74. The summed E-state index contributed by atoms with van der Waals surface area (Å²) in [6.07, 6.45) is 2.77. The SMILES string of the molecule is NC(C(=O)NC(CCCCO)C(=O)O)C1CN=CN1. The van der Waals surface area contributed by atoms with Gasteiger partial charge in [0.1, 0.15) is 12.1 Å². The molecule has 1 aliphatic heterocycles. The summed E-state index contributed by atoms with van der Waals surface area (Å²) in [4.78, 5) is 26.8. The summed E-state index contributed by atoms with van der Waals surface area (Å²) < 4.78 is 0. The Kier molecular flexibility index (Phi) is 6.23. The number of carbonyl (C=O) groups excluding carboxylic acids is 1. The van der Waals surface area contributed by atoms with E-state index in [-0.39, 0.29) is 19.1 Å². The topological polar surface area (TPSA) is 137 Å². The minimum Gasteiger partial charge on any atom is -0.480 e. The number of aliphatic hydroxyl groups excluding tert-OH is 1. The number of nitrogens with two attached hydrogens (primary N) is 1. The molecule has 0 aliphatic carbocycles. The van der Waals surface area contributed by atoms with Crippen molar-refractivity contribution in [2.45, 2.75) is 37.4 Å². The summed E-state index contributed by atoms with van der Waals surface area (Å²) in [5.74, 6) is -1.62. The van der Waals surface area contributed by atoms with Gasteiger partial charge in [-0.05, 0) is 19.3 Å². The van der Waals surface area contributed by atoms with E-state index in [2.05, 4.69) is 15.6 Å². The third-order valence-corrected chi connectivity index (χ3v) is 2.93. The second-order valence-electron chi connectivity index (χ2n) is 4.41. The Bertz CT molecular complexity index is 340. The maximum absolute atomic E-state index is 11.8. The number of aliphatic hydroxyl groups is 1. The fourth-order valence-electron chi connectivity index (χ4n) is 1.75. The largest absolute Gasteiger partial charge is 0.480 e. The van der Waals surface area contributed by atoms with Crippen LogP contribution in [0.25, 0.3) is 0 Å². The van der Waals surface area contributed by atoms with E-state index in [4.69, 9.17) is 15.9 Å². The van der Waals surface area contributed by atoms with Gasteiger partial charge in [-0.3, -0.25) is 9.79 Å². The van der Waals surface area contributed by atoms with Crippen LogP contribution in [0.3, 0.4) is 0 Å². The molecule has 1 rings (SSSR count). The number of aliphatic carboxylic acids is 1. The molecule has 8 nitrogen and oxygen atoms in total. The van der Waals surface area contributed by atoms with E-state index in [1.807, 2.05) is 0 Å². The Morgan fingerprint density at radius 3 is 2.79 bits per heavy atom. The summed E-state index contributed by atoms with van der Waals surface area (Å²) in [5, 5.41) is 22.9. The Morgan fingerprint density at radius 1 is 1.53 bits per heavy atom. The molecule has 0 radical (unpaired) electrons. The molecule has 1 heterocycles. The highest BCUT2D eigenvalue weighted by molar-refractivity contribution is 5.87. The van der Waals surface area contributed by atoms with Crippen LogP contribution in [0.2, 0.25) is 0 Å². The van der Waals surface area contributed by atoms with E-state index in [9.17, 15) is 9.59 Å². The molecule has 0 bridgehead atoms. The van der Waals surface area contributed by atoms with Gasteiger partial charge in [-0.2, -0.15) is 0 Å². The predicted octanol–water partition coefficient (Wildman–Crippen LogP) is -1.95. The van der Waals surface area contributed by atoms with Gasteiger partial charge in [0.15, 0.2) is 0 Å². The zero-order chi connectivity index (χ0) is 14.3. The van der Waals surface area contributed by atoms with E-state index >= 15 is 0 Å². The van der Waals surface area contributed by atoms with Crippen LogP contribution in [-0.2, 0) is 9.59 Å². The Hall–Kier alpha value is -1.67. The second-order valence-corrected chi connectivity index (χ2v) is 4.41. The first-order valence-electron chi connectivity index (χ1n) is 6.20. The third kappa shape index (κ3) is 4.84. The highest BCUT2D eigenvalue weighted by Crippen LogP contribution is 2.03. The van der Waals surface area contributed by atoms with Crippen molar-refractivity contribution >= 4 is 18.2 Å². The average Bonchev–Trinajstić information content (AvgIpc) is 2.90. The molecule has 1 aliphatic rings. The second kappa shape index (κ2) is 7.70. The van der Waals surface area contributed by atoms with Crippen molar-refractivity contribution < 1.29 is 19.8 Å². The number of carboxylic acids is 1. The van der Waals surface area contributed by atoms with Crippen molar-refractivity contribution in [3.63, 3.8) is 0 Å². The molecule has 0 aromatic rings. The number of carbonyl (C=O) groups is 2. The van der Waals surface area contributed by atoms with Crippen molar-refractivity contribution in [2.24, 2.45) is 10.7 Å². The van der Waals surface area contributed by atoms with E-state index < -0.39 is 24.0 Å². The van der Waals surface area contributed by atoms with Crippen molar-refractivity contribution in [1.82, 2.24) is 10.6 Å². The van der Waals surface area contributed by atoms with E-state index in [0.717, 1.165) is 0 Å². The zero-order valence-electron chi connectivity index (χ0n) is 10.6. The molecule has 0 aromatic carbocycles. The van der Waals surface area contributed by atoms with Crippen LogP contribution in [-0.4, -0.2) is 59.7 Å². The van der Waals surface area contributed by atoms with Gasteiger partial charge in [0.25, 0.3) is 0 Å². The molecule has 0 fully saturated rings. The smallest absolute Gasteiger partial charge is 0.326 e. The van der Waals surface area contributed by atoms with Crippen molar-refractivity contribution in [3.05, 3.63) is 0 Å². The van der Waals surface area contributed by atoms with E-state index in [0.29, 0.717) is 19.4 Å². The van der Waals surface area contributed by atoms with Crippen LogP contribution in [0.4, 0.5) is 0 Å². The lowest BCUT2D eigenvalue weighted by molar-refractivity contribution is -0.142. The minimum absolute atomic E-state index is 0.00311. The summed E-state index contributed by atoms with van der Waals surface area (Å²) in [7, 11) is 0. The molecule has 6 N–H and O–H groups in total. The van der Waals surface area contributed by atoms with Gasteiger partial charge in [0.2, 0.25) is 5.91 Å². The fourth-order valence-corrected chi connectivity index (χ4v) is 1.75. The normalized spacial score (nSPS) is 20.6. The quantitative estimate of drug-likeness (QED) is 0.326. The van der Waals surface area contributed by atoms with Gasteiger partial charge < -0.3 is 26.6 Å². The predicted molar refractivity (Wildman–Crippen MR) is 68.8 cm³/mol. The molecule has 1 amide bonds.